The number of halogens is 3. The Kier molecular flexibility index (Phi) is 18.3. The highest BCUT2D eigenvalue weighted by molar-refractivity contribution is 6.67. The van der Waals surface area contributed by atoms with Gasteiger partial charge in [-0.2, -0.15) is 0 Å². The van der Waals surface area contributed by atoms with Crippen molar-refractivity contribution in [2.24, 2.45) is 28.1 Å². The van der Waals surface area contributed by atoms with Gasteiger partial charge in [-0.15, -0.1) is 5.10 Å². The lowest BCUT2D eigenvalue weighted by molar-refractivity contribution is -0.217. The molecule has 0 aromatic heterocycles. The van der Waals surface area contributed by atoms with Gasteiger partial charge in [0, 0.05) is 22.6 Å². The molecule has 2 aromatic carbocycles. The molecule has 2 aromatic rings. The van der Waals surface area contributed by atoms with Gasteiger partial charge in [-0.05, 0) is 48.0 Å². The van der Waals surface area contributed by atoms with E-state index in [1.54, 1.807) is 42.5 Å². The van der Waals surface area contributed by atoms with Crippen molar-refractivity contribution < 1.29 is 26.0 Å². The molecule has 2 rings (SSSR count). The molecule has 0 unspecified atom stereocenters. The van der Waals surface area contributed by atoms with E-state index in [4.69, 9.17) is 67.5 Å². The van der Waals surface area contributed by atoms with Gasteiger partial charge >= 0.3 is 6.47 Å². The van der Waals surface area contributed by atoms with Gasteiger partial charge in [0.1, 0.15) is 5.84 Å². The summed E-state index contributed by atoms with van der Waals surface area (Å²) < 4.78 is 0. The highest BCUT2D eigenvalue weighted by atomic mass is 35.5. The molecule has 0 atom stereocenters. The van der Waals surface area contributed by atoms with Crippen molar-refractivity contribution in [2.45, 2.75) is 0 Å². The number of nitrogens with one attached hydrogen (secondary N) is 2. The van der Waals surface area contributed by atoms with Gasteiger partial charge in [-0.25, -0.2) is 5.26 Å². The molecule has 0 spiro atoms. The summed E-state index contributed by atoms with van der Waals surface area (Å²) in [5.74, 6) is 4.04. The van der Waals surface area contributed by atoms with Crippen molar-refractivity contribution in [3.05, 3.63) is 69.7 Å². The zero-order chi connectivity index (χ0) is 25.8. The fourth-order valence-corrected chi connectivity index (χ4v) is 2.02. The first-order valence-corrected chi connectivity index (χ1v) is 9.46. The number of carbonyl (C=O) groups is 3. The van der Waals surface area contributed by atoms with Crippen LogP contribution < -0.4 is 28.4 Å². The van der Waals surface area contributed by atoms with E-state index in [0.717, 1.165) is 0 Å². The minimum atomic E-state index is -0.484. The van der Waals surface area contributed by atoms with Crippen molar-refractivity contribution in [3.8, 4) is 0 Å². The van der Waals surface area contributed by atoms with Crippen LogP contribution in [0.3, 0.4) is 0 Å². The number of amides is 1. The first-order valence-electron chi connectivity index (χ1n) is 8.33. The van der Waals surface area contributed by atoms with Crippen LogP contribution in [0.15, 0.2) is 53.6 Å². The summed E-state index contributed by atoms with van der Waals surface area (Å²) in [4.78, 5) is 33.4. The first-order chi connectivity index (χ1) is 15.5. The summed E-state index contributed by atoms with van der Waals surface area (Å²) >= 11 is 16.5. The minimum Gasteiger partial charge on any atom is -0.386 e. The van der Waals surface area contributed by atoms with Crippen LogP contribution >= 0.6 is 34.8 Å². The summed E-state index contributed by atoms with van der Waals surface area (Å²) in [5.41, 5.74) is 15.4. The average molecular weight is 525 g/mol. The first kappa shape index (κ1) is 31.6. The van der Waals surface area contributed by atoms with Crippen LogP contribution in [0, 0.1) is 5.41 Å². The van der Waals surface area contributed by atoms with E-state index in [0.29, 0.717) is 21.2 Å². The van der Waals surface area contributed by atoms with Gasteiger partial charge in [0.25, 0.3) is 11.1 Å². The molecule has 0 aliphatic heterocycles. The zero-order valence-electron chi connectivity index (χ0n) is 16.9. The Morgan fingerprint density at radius 2 is 1.52 bits per heavy atom. The number of rotatable bonds is 5. The maximum atomic E-state index is 11.4. The predicted molar refractivity (Wildman–Crippen MR) is 129 cm³/mol. The number of hydrazone groups is 1. The largest absolute Gasteiger partial charge is 0.386 e. The molecule has 11 N–H and O–H groups in total. The van der Waals surface area contributed by atoms with Crippen LogP contribution in [0.4, 0.5) is 0 Å². The standard InChI is InChI=1S/C9H10ClN3O.C7H4Cl2O.CH6N4.CH2O3.H2/c10-7-3-1-2-6(4-7)9(14)13-5-8(11)12;8-6-3-1-2-5(4-6)7(9)10;2-1(3)5-4;2-1-4-3;/h1-4H,5H2,(H3,11,12)(H,13,14);1-4H;4H2,(H4,2,3,5);1,3H;1H. The number of carbonyl (C=O) groups excluding carboxylic acids is 3. The lowest BCUT2D eigenvalue weighted by atomic mass is 10.2. The van der Waals surface area contributed by atoms with Gasteiger partial charge < -0.3 is 33.2 Å². The monoisotopic (exact) mass is 523 g/mol. The summed E-state index contributed by atoms with van der Waals surface area (Å²) in [7, 11) is 0. The third kappa shape index (κ3) is 18.9. The molecule has 0 saturated heterocycles. The molecular weight excluding hydrogens is 501 g/mol. The van der Waals surface area contributed by atoms with Gasteiger partial charge in [-0.3, -0.25) is 19.8 Å². The molecular formula is C18H24Cl3N7O5. The molecule has 182 valence electrons. The molecule has 33 heavy (non-hydrogen) atoms. The van der Waals surface area contributed by atoms with E-state index in [2.05, 4.69) is 21.1 Å². The smallest absolute Gasteiger partial charge is 0.330 e. The summed E-state index contributed by atoms with van der Waals surface area (Å²) in [5, 5.41) is 19.8. The van der Waals surface area contributed by atoms with E-state index in [1.165, 1.54) is 6.07 Å². The second-order valence-electron chi connectivity index (χ2n) is 5.26. The molecule has 15 heteroatoms. The molecule has 0 radical (unpaired) electrons. The average Bonchev–Trinajstić information content (AvgIpc) is 2.78. The Bertz CT molecular complexity index is 948. The number of guanidine groups is 1. The summed E-state index contributed by atoms with van der Waals surface area (Å²) in [6.07, 6.45) is 0. The lowest BCUT2D eigenvalue weighted by Gasteiger charge is -2.03. The van der Waals surface area contributed by atoms with E-state index >= 15 is 0 Å². The Labute approximate surface area is 205 Å². The number of nitrogens with two attached hydrogens (primary N) is 4. The summed E-state index contributed by atoms with van der Waals surface area (Å²) in [6, 6.07) is 13.1. The van der Waals surface area contributed by atoms with Gasteiger partial charge in [-0.1, -0.05) is 35.3 Å². The summed E-state index contributed by atoms with van der Waals surface area (Å²) in [6.45, 7) is -0.0225. The molecule has 0 saturated carbocycles. The van der Waals surface area contributed by atoms with E-state index in [-0.39, 0.29) is 32.1 Å². The van der Waals surface area contributed by atoms with Crippen LogP contribution in [0.2, 0.25) is 10.0 Å². The van der Waals surface area contributed by atoms with E-state index < -0.39 is 5.24 Å². The fraction of sp³-hybridized carbons (Fsp3) is 0.0556. The Balaban J connectivity index is -0.000000420. The molecule has 0 heterocycles. The molecule has 0 aliphatic rings. The molecule has 12 nitrogen and oxygen atoms in total. The van der Waals surface area contributed by atoms with Crippen molar-refractivity contribution in [1.29, 1.82) is 5.41 Å². The van der Waals surface area contributed by atoms with Crippen molar-refractivity contribution >= 4 is 64.2 Å². The Morgan fingerprint density at radius 1 is 1.09 bits per heavy atom. The Hall–Kier alpha value is -3.58. The number of hydrogen-bond donors (Lipinski definition) is 7. The minimum absolute atomic E-state index is 0. The highest BCUT2D eigenvalue weighted by Crippen LogP contribution is 2.12. The second kappa shape index (κ2) is 19.1. The molecule has 1 amide bonds. The zero-order valence-corrected chi connectivity index (χ0v) is 19.1. The topological polar surface area (TPSA) is 233 Å². The highest BCUT2D eigenvalue weighted by Gasteiger charge is 2.04. The second-order valence-corrected chi connectivity index (χ2v) is 6.47. The van der Waals surface area contributed by atoms with Crippen LogP contribution in [-0.2, 0) is 9.68 Å². The quantitative estimate of drug-likeness (QED) is 0.0572. The van der Waals surface area contributed by atoms with Crippen molar-refractivity contribution in [1.82, 2.24) is 5.32 Å². The number of nitrogens with zero attached hydrogens (tertiary/aromatic N) is 1. The van der Waals surface area contributed by atoms with Gasteiger partial charge in [0.15, 0.2) is 0 Å². The third-order valence-corrected chi connectivity index (χ3v) is 3.46. The number of hydrogen-bond acceptors (Lipinski definition) is 8. The van der Waals surface area contributed by atoms with Crippen LogP contribution in [-0.4, -0.2) is 41.2 Å². The molecule has 0 aliphatic carbocycles. The maximum absolute atomic E-state index is 11.4. The SMILES string of the molecule is N=C(N)CNC(=O)c1cccc(Cl)c1.NN=C(N)N.O=C(Cl)c1cccc(Cl)c1.O=COO.[HH]. The maximum Gasteiger partial charge on any atom is 0.330 e. The van der Waals surface area contributed by atoms with E-state index in [1.807, 2.05) is 0 Å². The van der Waals surface area contributed by atoms with Crippen LogP contribution in [0.25, 0.3) is 0 Å². The van der Waals surface area contributed by atoms with E-state index in [9.17, 15) is 9.59 Å². The van der Waals surface area contributed by atoms with Gasteiger partial charge in [0.2, 0.25) is 5.96 Å². The van der Waals surface area contributed by atoms with Crippen LogP contribution in [0.1, 0.15) is 22.1 Å². The van der Waals surface area contributed by atoms with Crippen LogP contribution in [0.5, 0.6) is 0 Å². The Morgan fingerprint density at radius 3 is 1.82 bits per heavy atom. The van der Waals surface area contributed by atoms with Crippen molar-refractivity contribution in [2.75, 3.05) is 6.54 Å². The predicted octanol–water partition coefficient (Wildman–Crippen LogP) is 1.74. The number of benzene rings is 2. The third-order valence-electron chi connectivity index (χ3n) is 2.77. The fourth-order valence-electron chi connectivity index (χ4n) is 1.52. The number of amidine groups is 1. The lowest BCUT2D eigenvalue weighted by Crippen LogP contribution is -2.32. The molecule has 0 bridgehead atoms. The van der Waals surface area contributed by atoms with Gasteiger partial charge in [0.05, 0.1) is 6.54 Å². The molecule has 0 fully saturated rings. The normalized spacial score (nSPS) is 8.48. The van der Waals surface area contributed by atoms with Crippen molar-refractivity contribution in [3.63, 3.8) is 0 Å².